The first kappa shape index (κ1) is 14.3. The maximum absolute atomic E-state index is 10.7. The topological polar surface area (TPSA) is 81.2 Å². The summed E-state index contributed by atoms with van der Waals surface area (Å²) in [6, 6.07) is 5.16. The Bertz CT molecular complexity index is 467. The van der Waals surface area contributed by atoms with Crippen LogP contribution in [0.5, 0.6) is 0 Å². The van der Waals surface area contributed by atoms with Gasteiger partial charge in [-0.2, -0.15) is 0 Å². The van der Waals surface area contributed by atoms with Gasteiger partial charge in [0.15, 0.2) is 0 Å². The predicted octanol–water partition coefficient (Wildman–Crippen LogP) is 3.29. The van der Waals surface area contributed by atoms with Crippen LogP contribution in [0.15, 0.2) is 22.7 Å². The van der Waals surface area contributed by atoms with Crippen LogP contribution in [0.3, 0.4) is 0 Å². The first-order chi connectivity index (χ1) is 9.11. The molecule has 1 aromatic rings. The van der Waals surface area contributed by atoms with E-state index >= 15 is 0 Å². The molecule has 0 bridgehead atoms. The standard InChI is InChI=1S/C13H18BrN3O2/c14-11-7-10(17(18)19)5-6-13(11)16-12-4-2-1-3-9(12)8-15/h5-7,9,12,16H,1-4,8,15H2. The van der Waals surface area contributed by atoms with Gasteiger partial charge in [-0.25, -0.2) is 0 Å². The molecule has 0 heterocycles. The third-order valence-corrected chi connectivity index (χ3v) is 4.37. The average Bonchev–Trinajstić information content (AvgIpc) is 2.41. The van der Waals surface area contributed by atoms with Crippen molar-refractivity contribution in [2.24, 2.45) is 11.7 Å². The summed E-state index contributed by atoms with van der Waals surface area (Å²) in [5.41, 5.74) is 6.80. The number of non-ortho nitro benzene ring substituents is 1. The normalized spacial score (nSPS) is 23.1. The Morgan fingerprint density at radius 1 is 1.42 bits per heavy atom. The van der Waals surface area contributed by atoms with E-state index in [4.69, 9.17) is 5.73 Å². The quantitative estimate of drug-likeness (QED) is 0.656. The molecule has 1 fully saturated rings. The Morgan fingerprint density at radius 3 is 2.79 bits per heavy atom. The summed E-state index contributed by atoms with van der Waals surface area (Å²) >= 11 is 3.39. The van der Waals surface area contributed by atoms with Crippen molar-refractivity contribution in [1.29, 1.82) is 0 Å². The van der Waals surface area contributed by atoms with Gasteiger partial charge in [0.05, 0.1) is 4.92 Å². The zero-order chi connectivity index (χ0) is 13.8. The van der Waals surface area contributed by atoms with E-state index in [0.29, 0.717) is 18.5 Å². The number of halogens is 1. The van der Waals surface area contributed by atoms with Crippen LogP contribution in [0, 0.1) is 16.0 Å². The lowest BCUT2D eigenvalue weighted by Gasteiger charge is -2.32. The molecule has 104 valence electrons. The van der Waals surface area contributed by atoms with Gasteiger partial charge in [-0.3, -0.25) is 10.1 Å². The van der Waals surface area contributed by atoms with Crippen LogP contribution in [0.2, 0.25) is 0 Å². The van der Waals surface area contributed by atoms with Crippen LogP contribution in [0.4, 0.5) is 11.4 Å². The molecule has 0 aromatic heterocycles. The SMILES string of the molecule is NCC1CCCCC1Nc1ccc([N+](=O)[O-])cc1Br. The van der Waals surface area contributed by atoms with Gasteiger partial charge < -0.3 is 11.1 Å². The van der Waals surface area contributed by atoms with Crippen LogP contribution in [-0.2, 0) is 0 Å². The second-order valence-corrected chi connectivity index (χ2v) is 5.81. The van der Waals surface area contributed by atoms with Gasteiger partial charge in [0.25, 0.3) is 5.69 Å². The van der Waals surface area contributed by atoms with Crippen LogP contribution < -0.4 is 11.1 Å². The molecular formula is C13H18BrN3O2. The van der Waals surface area contributed by atoms with Gasteiger partial charge in [-0.15, -0.1) is 0 Å². The number of hydrogen-bond acceptors (Lipinski definition) is 4. The van der Waals surface area contributed by atoms with E-state index in [1.54, 1.807) is 6.07 Å². The number of rotatable bonds is 4. The minimum absolute atomic E-state index is 0.0939. The highest BCUT2D eigenvalue weighted by Crippen LogP contribution is 2.31. The van der Waals surface area contributed by atoms with E-state index in [0.717, 1.165) is 23.0 Å². The first-order valence-corrected chi connectivity index (χ1v) is 7.31. The number of nitro benzene ring substituents is 1. The number of hydrogen-bond donors (Lipinski definition) is 2. The molecule has 0 spiro atoms. The van der Waals surface area contributed by atoms with Gasteiger partial charge in [-0.1, -0.05) is 12.8 Å². The minimum Gasteiger partial charge on any atom is -0.381 e. The Hall–Kier alpha value is -1.14. The summed E-state index contributed by atoms with van der Waals surface area (Å²) in [7, 11) is 0. The molecule has 3 N–H and O–H groups in total. The zero-order valence-electron chi connectivity index (χ0n) is 10.6. The Labute approximate surface area is 120 Å². The number of nitrogens with one attached hydrogen (secondary N) is 1. The van der Waals surface area contributed by atoms with Crippen molar-refractivity contribution in [2.45, 2.75) is 31.7 Å². The lowest BCUT2D eigenvalue weighted by molar-refractivity contribution is -0.384. The van der Waals surface area contributed by atoms with Crippen molar-refractivity contribution in [3.05, 3.63) is 32.8 Å². The van der Waals surface area contributed by atoms with E-state index in [1.807, 2.05) is 0 Å². The van der Waals surface area contributed by atoms with Crippen molar-refractivity contribution in [1.82, 2.24) is 0 Å². The molecule has 6 heteroatoms. The molecule has 2 rings (SSSR count). The molecule has 0 saturated heterocycles. The zero-order valence-corrected chi connectivity index (χ0v) is 12.2. The summed E-state index contributed by atoms with van der Waals surface area (Å²) in [4.78, 5) is 10.3. The summed E-state index contributed by atoms with van der Waals surface area (Å²) in [5, 5.41) is 14.2. The second kappa shape index (κ2) is 6.34. The van der Waals surface area contributed by atoms with E-state index in [1.165, 1.54) is 25.0 Å². The second-order valence-electron chi connectivity index (χ2n) is 4.95. The molecular weight excluding hydrogens is 310 g/mol. The highest BCUT2D eigenvalue weighted by Gasteiger charge is 2.24. The van der Waals surface area contributed by atoms with E-state index in [2.05, 4.69) is 21.2 Å². The maximum atomic E-state index is 10.7. The third-order valence-electron chi connectivity index (χ3n) is 3.72. The van der Waals surface area contributed by atoms with Gasteiger partial charge in [0, 0.05) is 28.3 Å². The molecule has 0 amide bonds. The Balaban J connectivity index is 2.11. The maximum Gasteiger partial charge on any atom is 0.270 e. The Morgan fingerprint density at radius 2 is 2.16 bits per heavy atom. The monoisotopic (exact) mass is 327 g/mol. The number of anilines is 1. The van der Waals surface area contributed by atoms with E-state index in [-0.39, 0.29) is 5.69 Å². The minimum atomic E-state index is -0.391. The van der Waals surface area contributed by atoms with E-state index < -0.39 is 4.92 Å². The molecule has 1 aliphatic carbocycles. The highest BCUT2D eigenvalue weighted by atomic mass is 79.9. The molecule has 5 nitrogen and oxygen atoms in total. The van der Waals surface area contributed by atoms with Crippen LogP contribution in [-0.4, -0.2) is 17.5 Å². The van der Waals surface area contributed by atoms with Gasteiger partial charge in [0.1, 0.15) is 0 Å². The largest absolute Gasteiger partial charge is 0.381 e. The fourth-order valence-electron chi connectivity index (χ4n) is 2.61. The van der Waals surface area contributed by atoms with Crippen LogP contribution >= 0.6 is 15.9 Å². The molecule has 1 saturated carbocycles. The van der Waals surface area contributed by atoms with Crippen molar-refractivity contribution in [3.63, 3.8) is 0 Å². The molecule has 2 atom stereocenters. The first-order valence-electron chi connectivity index (χ1n) is 6.52. The summed E-state index contributed by atoms with van der Waals surface area (Å²) in [6.45, 7) is 0.683. The summed E-state index contributed by atoms with van der Waals surface area (Å²) in [6.07, 6.45) is 4.70. The van der Waals surface area contributed by atoms with Crippen molar-refractivity contribution in [3.8, 4) is 0 Å². The highest BCUT2D eigenvalue weighted by molar-refractivity contribution is 9.10. The van der Waals surface area contributed by atoms with Gasteiger partial charge in [-0.05, 0) is 47.3 Å². The lowest BCUT2D eigenvalue weighted by atomic mass is 9.84. The van der Waals surface area contributed by atoms with Gasteiger partial charge >= 0.3 is 0 Å². The van der Waals surface area contributed by atoms with E-state index in [9.17, 15) is 10.1 Å². The number of nitro groups is 1. The number of nitrogens with two attached hydrogens (primary N) is 1. The molecule has 0 aliphatic heterocycles. The average molecular weight is 328 g/mol. The summed E-state index contributed by atoms with van der Waals surface area (Å²) < 4.78 is 0.725. The molecule has 2 unspecified atom stereocenters. The predicted molar refractivity (Wildman–Crippen MR) is 79.2 cm³/mol. The molecule has 1 aliphatic rings. The van der Waals surface area contributed by atoms with Crippen molar-refractivity contribution >= 4 is 27.3 Å². The van der Waals surface area contributed by atoms with Gasteiger partial charge in [0.2, 0.25) is 0 Å². The fraction of sp³-hybridized carbons (Fsp3) is 0.538. The molecule has 0 radical (unpaired) electrons. The molecule has 19 heavy (non-hydrogen) atoms. The number of nitrogens with zero attached hydrogens (tertiary/aromatic N) is 1. The third kappa shape index (κ3) is 3.45. The smallest absolute Gasteiger partial charge is 0.270 e. The van der Waals surface area contributed by atoms with Crippen molar-refractivity contribution < 1.29 is 4.92 Å². The lowest BCUT2D eigenvalue weighted by Crippen LogP contribution is -2.36. The van der Waals surface area contributed by atoms with Crippen molar-refractivity contribution in [2.75, 3.05) is 11.9 Å². The number of benzene rings is 1. The van der Waals surface area contributed by atoms with Crippen LogP contribution in [0.1, 0.15) is 25.7 Å². The van der Waals surface area contributed by atoms with Crippen LogP contribution in [0.25, 0.3) is 0 Å². The Kier molecular flexibility index (Phi) is 4.76. The fourth-order valence-corrected chi connectivity index (χ4v) is 3.10. The molecule has 1 aromatic carbocycles. The summed E-state index contributed by atoms with van der Waals surface area (Å²) in [5.74, 6) is 0.482.